The first-order valence-electron chi connectivity index (χ1n) is 4.74. The lowest BCUT2D eigenvalue weighted by atomic mass is 10.2. The molecule has 1 rings (SSSR count). The normalized spacial score (nSPS) is 10.7. The summed E-state index contributed by atoms with van der Waals surface area (Å²) >= 11 is 0. The summed E-state index contributed by atoms with van der Waals surface area (Å²) in [5, 5.41) is 3.73. The molecule has 0 N–H and O–H groups in total. The highest BCUT2D eigenvalue weighted by Gasteiger charge is 1.90. The van der Waals surface area contributed by atoms with Crippen LogP contribution in [0.15, 0.2) is 29.4 Å². The van der Waals surface area contributed by atoms with Gasteiger partial charge in [-0.2, -0.15) is 0 Å². The van der Waals surface area contributed by atoms with Crippen molar-refractivity contribution >= 4 is 6.21 Å². The number of unbranched alkanes of at least 4 members (excludes halogenated alkanes) is 1. The summed E-state index contributed by atoms with van der Waals surface area (Å²) in [6.45, 7) is 2.70. The van der Waals surface area contributed by atoms with Gasteiger partial charge >= 0.3 is 0 Å². The molecule has 14 heavy (non-hydrogen) atoms. The number of benzene rings is 1. The Kier molecular flexibility index (Phi) is 4.69. The molecule has 1 aromatic rings. The molecule has 0 aromatic heterocycles. The molecule has 0 unspecified atom stereocenters. The molecule has 0 spiro atoms. The summed E-state index contributed by atoms with van der Waals surface area (Å²) in [6.07, 6.45) is 3.58. The fourth-order valence-corrected chi connectivity index (χ4v) is 0.947. The van der Waals surface area contributed by atoms with Crippen molar-refractivity contribution in [3.63, 3.8) is 0 Å². The Hall–Kier alpha value is -1.38. The van der Waals surface area contributed by atoms with E-state index in [0.717, 1.165) is 12.8 Å². The maximum atomic E-state index is 12.7. The van der Waals surface area contributed by atoms with Crippen molar-refractivity contribution in [1.29, 1.82) is 0 Å². The molecular weight excluding hydrogens is 181 g/mol. The number of hydrogen-bond acceptors (Lipinski definition) is 2. The van der Waals surface area contributed by atoms with Gasteiger partial charge in [0, 0.05) is 0 Å². The summed E-state index contributed by atoms with van der Waals surface area (Å²) in [5.41, 5.74) is 0.710. The first-order chi connectivity index (χ1) is 6.83. The second-order valence-electron chi connectivity index (χ2n) is 2.98. The standard InChI is InChI=1S/C11H14FNO/c1-2-3-7-14-13-9-10-5-4-6-11(12)8-10/h4-6,8-9H,2-3,7H2,1H3. The average Bonchev–Trinajstić information content (AvgIpc) is 2.18. The summed E-state index contributed by atoms with van der Waals surface area (Å²) in [5.74, 6) is -0.262. The Labute approximate surface area is 83.4 Å². The Morgan fingerprint density at radius 3 is 3.07 bits per heavy atom. The van der Waals surface area contributed by atoms with Gasteiger partial charge in [-0.25, -0.2) is 4.39 Å². The van der Waals surface area contributed by atoms with Gasteiger partial charge in [-0.1, -0.05) is 30.6 Å². The van der Waals surface area contributed by atoms with Crippen LogP contribution in [0.25, 0.3) is 0 Å². The summed E-state index contributed by atoms with van der Waals surface area (Å²) in [4.78, 5) is 4.96. The van der Waals surface area contributed by atoms with E-state index < -0.39 is 0 Å². The number of oxime groups is 1. The molecule has 0 saturated heterocycles. The minimum absolute atomic E-state index is 0.262. The van der Waals surface area contributed by atoms with Crippen LogP contribution in [-0.4, -0.2) is 12.8 Å². The van der Waals surface area contributed by atoms with Gasteiger partial charge in [0.2, 0.25) is 0 Å². The van der Waals surface area contributed by atoms with E-state index in [0.29, 0.717) is 12.2 Å². The molecule has 76 valence electrons. The molecule has 0 saturated carbocycles. The predicted octanol–water partition coefficient (Wildman–Crippen LogP) is 2.98. The van der Waals surface area contributed by atoms with E-state index in [2.05, 4.69) is 12.1 Å². The van der Waals surface area contributed by atoms with Crippen LogP contribution in [-0.2, 0) is 4.84 Å². The van der Waals surface area contributed by atoms with E-state index in [1.54, 1.807) is 12.1 Å². The zero-order valence-corrected chi connectivity index (χ0v) is 8.24. The third kappa shape index (κ3) is 4.03. The van der Waals surface area contributed by atoms with Gasteiger partial charge in [0.15, 0.2) is 0 Å². The topological polar surface area (TPSA) is 21.6 Å². The molecule has 0 aliphatic carbocycles. The minimum Gasteiger partial charge on any atom is -0.396 e. The maximum Gasteiger partial charge on any atom is 0.123 e. The smallest absolute Gasteiger partial charge is 0.123 e. The van der Waals surface area contributed by atoms with Crippen LogP contribution in [0, 0.1) is 5.82 Å². The lowest BCUT2D eigenvalue weighted by molar-refractivity contribution is 0.143. The largest absolute Gasteiger partial charge is 0.396 e. The molecule has 1 aromatic carbocycles. The van der Waals surface area contributed by atoms with Crippen molar-refractivity contribution in [1.82, 2.24) is 0 Å². The third-order valence-electron chi connectivity index (χ3n) is 1.71. The van der Waals surface area contributed by atoms with E-state index in [9.17, 15) is 4.39 Å². The summed E-state index contributed by atoms with van der Waals surface area (Å²) in [7, 11) is 0. The van der Waals surface area contributed by atoms with E-state index in [1.807, 2.05) is 0 Å². The highest BCUT2D eigenvalue weighted by atomic mass is 19.1. The fraction of sp³-hybridized carbons (Fsp3) is 0.364. The van der Waals surface area contributed by atoms with Gasteiger partial charge in [-0.15, -0.1) is 0 Å². The van der Waals surface area contributed by atoms with Gasteiger partial charge in [-0.3, -0.25) is 0 Å². The molecule has 0 bridgehead atoms. The Morgan fingerprint density at radius 2 is 2.36 bits per heavy atom. The number of hydrogen-bond donors (Lipinski definition) is 0. The summed E-state index contributed by atoms with van der Waals surface area (Å²) in [6, 6.07) is 6.22. The first-order valence-corrected chi connectivity index (χ1v) is 4.74. The quantitative estimate of drug-likeness (QED) is 0.402. The van der Waals surface area contributed by atoms with E-state index in [4.69, 9.17) is 4.84 Å². The molecule has 0 aliphatic heterocycles. The Bertz CT molecular complexity index is 299. The highest BCUT2D eigenvalue weighted by molar-refractivity contribution is 5.78. The van der Waals surface area contributed by atoms with Crippen LogP contribution in [0.4, 0.5) is 4.39 Å². The van der Waals surface area contributed by atoms with Crippen molar-refractivity contribution in [2.24, 2.45) is 5.16 Å². The SMILES string of the molecule is CCCCON=Cc1cccc(F)c1. The van der Waals surface area contributed by atoms with Crippen molar-refractivity contribution in [2.45, 2.75) is 19.8 Å². The third-order valence-corrected chi connectivity index (χ3v) is 1.71. The zero-order valence-electron chi connectivity index (χ0n) is 8.24. The molecule has 0 amide bonds. The van der Waals surface area contributed by atoms with Gasteiger partial charge in [-0.05, 0) is 24.1 Å². The van der Waals surface area contributed by atoms with Crippen molar-refractivity contribution in [2.75, 3.05) is 6.61 Å². The number of halogens is 1. The lowest BCUT2D eigenvalue weighted by Crippen LogP contribution is -1.88. The monoisotopic (exact) mass is 195 g/mol. The van der Waals surface area contributed by atoms with E-state index >= 15 is 0 Å². The van der Waals surface area contributed by atoms with Crippen molar-refractivity contribution in [3.05, 3.63) is 35.6 Å². The van der Waals surface area contributed by atoms with Gasteiger partial charge in [0.05, 0.1) is 6.21 Å². The van der Waals surface area contributed by atoms with Crippen LogP contribution in [0.3, 0.4) is 0 Å². The second kappa shape index (κ2) is 6.13. The molecule has 3 heteroatoms. The maximum absolute atomic E-state index is 12.7. The molecule has 0 radical (unpaired) electrons. The van der Waals surface area contributed by atoms with E-state index in [-0.39, 0.29) is 5.82 Å². The van der Waals surface area contributed by atoms with Gasteiger partial charge < -0.3 is 4.84 Å². The van der Waals surface area contributed by atoms with Crippen molar-refractivity contribution in [3.8, 4) is 0 Å². The lowest BCUT2D eigenvalue weighted by Gasteiger charge is -1.96. The molecular formula is C11H14FNO. The molecule has 0 fully saturated rings. The molecule has 0 atom stereocenters. The summed E-state index contributed by atoms with van der Waals surface area (Å²) < 4.78 is 12.7. The van der Waals surface area contributed by atoms with Crippen LogP contribution in [0.2, 0.25) is 0 Å². The van der Waals surface area contributed by atoms with Crippen LogP contribution >= 0.6 is 0 Å². The first kappa shape index (κ1) is 10.7. The van der Waals surface area contributed by atoms with Crippen LogP contribution in [0.5, 0.6) is 0 Å². The average molecular weight is 195 g/mol. The molecule has 2 nitrogen and oxygen atoms in total. The predicted molar refractivity (Wildman–Crippen MR) is 54.9 cm³/mol. The van der Waals surface area contributed by atoms with Gasteiger partial charge in [0.25, 0.3) is 0 Å². The van der Waals surface area contributed by atoms with Gasteiger partial charge in [0.1, 0.15) is 12.4 Å². The Balaban J connectivity index is 2.36. The number of nitrogens with zero attached hydrogens (tertiary/aromatic N) is 1. The fourth-order valence-electron chi connectivity index (χ4n) is 0.947. The minimum atomic E-state index is -0.262. The second-order valence-corrected chi connectivity index (χ2v) is 2.98. The zero-order chi connectivity index (χ0) is 10.2. The van der Waals surface area contributed by atoms with Crippen molar-refractivity contribution < 1.29 is 9.23 Å². The molecule has 0 heterocycles. The highest BCUT2D eigenvalue weighted by Crippen LogP contribution is 2.00. The van der Waals surface area contributed by atoms with Crippen LogP contribution < -0.4 is 0 Å². The van der Waals surface area contributed by atoms with Crippen LogP contribution in [0.1, 0.15) is 25.3 Å². The molecule has 0 aliphatic rings. The number of rotatable bonds is 5. The van der Waals surface area contributed by atoms with E-state index in [1.165, 1.54) is 18.3 Å². The Morgan fingerprint density at radius 1 is 1.50 bits per heavy atom.